The Morgan fingerprint density at radius 2 is 1.95 bits per heavy atom. The molecular formula is C17H24O3. The number of hydrogen-bond acceptors (Lipinski definition) is 3. The normalized spacial score (nSPS) is 11.4. The first kappa shape index (κ1) is 16.4. The van der Waals surface area contributed by atoms with Crippen LogP contribution in [0.1, 0.15) is 45.1 Å². The SMILES string of the molecule is CC/C(=C\OC(C)=O)CCCCOCc1ccccc1. The van der Waals surface area contributed by atoms with Crippen molar-refractivity contribution in [3.05, 3.63) is 47.7 Å². The van der Waals surface area contributed by atoms with Crippen LogP contribution >= 0.6 is 0 Å². The van der Waals surface area contributed by atoms with Gasteiger partial charge in [-0.15, -0.1) is 0 Å². The number of rotatable bonds is 9. The molecule has 0 saturated carbocycles. The molecule has 0 saturated heterocycles. The van der Waals surface area contributed by atoms with Gasteiger partial charge >= 0.3 is 5.97 Å². The molecule has 110 valence electrons. The van der Waals surface area contributed by atoms with Gasteiger partial charge in [0.15, 0.2) is 0 Å². The molecule has 0 N–H and O–H groups in total. The van der Waals surface area contributed by atoms with E-state index in [0.29, 0.717) is 6.61 Å². The van der Waals surface area contributed by atoms with Gasteiger partial charge in [-0.05, 0) is 36.8 Å². The topological polar surface area (TPSA) is 35.5 Å². The van der Waals surface area contributed by atoms with Gasteiger partial charge in [0.25, 0.3) is 0 Å². The molecule has 1 rings (SSSR count). The van der Waals surface area contributed by atoms with Gasteiger partial charge in [0.2, 0.25) is 0 Å². The maximum absolute atomic E-state index is 10.7. The highest BCUT2D eigenvalue weighted by molar-refractivity contribution is 5.66. The quantitative estimate of drug-likeness (QED) is 0.384. The Labute approximate surface area is 121 Å². The Hall–Kier alpha value is -1.61. The van der Waals surface area contributed by atoms with Gasteiger partial charge < -0.3 is 9.47 Å². The minimum atomic E-state index is -0.262. The molecule has 0 amide bonds. The minimum Gasteiger partial charge on any atom is -0.435 e. The van der Waals surface area contributed by atoms with Crippen LogP contribution in [0, 0.1) is 0 Å². The number of hydrogen-bond donors (Lipinski definition) is 0. The highest BCUT2D eigenvalue weighted by atomic mass is 16.5. The molecule has 20 heavy (non-hydrogen) atoms. The first-order valence-electron chi connectivity index (χ1n) is 7.19. The van der Waals surface area contributed by atoms with Crippen molar-refractivity contribution in [2.24, 2.45) is 0 Å². The van der Waals surface area contributed by atoms with Crippen molar-refractivity contribution in [2.45, 2.75) is 46.1 Å². The molecule has 0 aliphatic heterocycles. The predicted molar refractivity (Wildman–Crippen MR) is 80.1 cm³/mol. The third-order valence-corrected chi connectivity index (χ3v) is 2.99. The molecule has 3 nitrogen and oxygen atoms in total. The predicted octanol–water partition coefficient (Wildman–Crippen LogP) is 4.23. The number of carbonyl (C=O) groups excluding carboxylic acids is 1. The molecule has 1 aromatic carbocycles. The lowest BCUT2D eigenvalue weighted by atomic mass is 10.1. The van der Waals surface area contributed by atoms with Crippen LogP contribution in [0.25, 0.3) is 0 Å². The lowest BCUT2D eigenvalue weighted by Gasteiger charge is -2.06. The molecule has 0 radical (unpaired) electrons. The summed E-state index contributed by atoms with van der Waals surface area (Å²) in [7, 11) is 0. The molecule has 0 heterocycles. The minimum absolute atomic E-state index is 0.262. The van der Waals surface area contributed by atoms with E-state index in [9.17, 15) is 4.79 Å². The van der Waals surface area contributed by atoms with Gasteiger partial charge in [-0.25, -0.2) is 0 Å². The third kappa shape index (κ3) is 7.74. The average molecular weight is 276 g/mol. The lowest BCUT2D eigenvalue weighted by Crippen LogP contribution is -1.97. The van der Waals surface area contributed by atoms with Gasteiger partial charge in [-0.2, -0.15) is 0 Å². The van der Waals surface area contributed by atoms with Crippen molar-refractivity contribution >= 4 is 5.97 Å². The van der Waals surface area contributed by atoms with E-state index in [1.54, 1.807) is 6.26 Å². The fraction of sp³-hybridized carbons (Fsp3) is 0.471. The summed E-state index contributed by atoms with van der Waals surface area (Å²) in [5.41, 5.74) is 2.37. The van der Waals surface area contributed by atoms with Crippen molar-refractivity contribution in [1.29, 1.82) is 0 Å². The van der Waals surface area contributed by atoms with Crippen LogP contribution in [0.5, 0.6) is 0 Å². The summed E-state index contributed by atoms with van der Waals surface area (Å²) >= 11 is 0. The Balaban J connectivity index is 2.09. The summed E-state index contributed by atoms with van der Waals surface area (Å²) in [6.45, 7) is 4.92. The molecule has 0 unspecified atom stereocenters. The van der Waals surface area contributed by atoms with E-state index in [2.05, 4.69) is 19.1 Å². The zero-order chi connectivity index (χ0) is 14.6. The van der Waals surface area contributed by atoms with Crippen LogP contribution in [0.3, 0.4) is 0 Å². The Bertz CT molecular complexity index is 410. The monoisotopic (exact) mass is 276 g/mol. The summed E-state index contributed by atoms with van der Waals surface area (Å²) in [5.74, 6) is -0.262. The van der Waals surface area contributed by atoms with Gasteiger partial charge in [0.1, 0.15) is 0 Å². The van der Waals surface area contributed by atoms with Crippen molar-refractivity contribution in [3.8, 4) is 0 Å². The maximum Gasteiger partial charge on any atom is 0.307 e. The summed E-state index contributed by atoms with van der Waals surface area (Å²) in [5, 5.41) is 0. The van der Waals surface area contributed by atoms with Crippen LogP contribution in [0.4, 0.5) is 0 Å². The van der Waals surface area contributed by atoms with Crippen molar-refractivity contribution in [1.82, 2.24) is 0 Å². The number of ether oxygens (including phenoxy) is 2. The molecule has 1 aromatic rings. The maximum atomic E-state index is 10.7. The Kier molecular flexibility index (Phi) is 8.40. The van der Waals surface area contributed by atoms with Gasteiger partial charge in [-0.3, -0.25) is 4.79 Å². The molecule has 0 spiro atoms. The zero-order valence-corrected chi connectivity index (χ0v) is 12.4. The highest BCUT2D eigenvalue weighted by Crippen LogP contribution is 2.12. The van der Waals surface area contributed by atoms with Crippen LogP contribution in [-0.4, -0.2) is 12.6 Å². The second kappa shape index (κ2) is 10.2. The average Bonchev–Trinajstić information content (AvgIpc) is 2.46. The molecule has 0 aliphatic carbocycles. The van der Waals surface area contributed by atoms with E-state index in [1.165, 1.54) is 18.1 Å². The van der Waals surface area contributed by atoms with Gasteiger partial charge in [0.05, 0.1) is 12.9 Å². The fourth-order valence-corrected chi connectivity index (χ4v) is 1.81. The van der Waals surface area contributed by atoms with Crippen LogP contribution < -0.4 is 0 Å². The summed E-state index contributed by atoms with van der Waals surface area (Å²) in [4.78, 5) is 10.7. The molecule has 3 heteroatoms. The largest absolute Gasteiger partial charge is 0.435 e. The van der Waals surface area contributed by atoms with Crippen molar-refractivity contribution < 1.29 is 14.3 Å². The molecule has 0 fully saturated rings. The summed E-state index contributed by atoms with van der Waals surface area (Å²) < 4.78 is 10.5. The number of benzene rings is 1. The van der Waals surface area contributed by atoms with E-state index in [4.69, 9.17) is 9.47 Å². The zero-order valence-electron chi connectivity index (χ0n) is 12.4. The first-order valence-corrected chi connectivity index (χ1v) is 7.19. The van der Waals surface area contributed by atoms with Crippen LogP contribution in [0.2, 0.25) is 0 Å². The smallest absolute Gasteiger partial charge is 0.307 e. The standard InChI is InChI=1S/C17H24O3/c1-3-16(14-20-15(2)18)9-7-8-12-19-13-17-10-5-4-6-11-17/h4-6,10-11,14H,3,7-9,12-13H2,1-2H3/b16-14+. The van der Waals surface area contributed by atoms with E-state index in [1.807, 2.05) is 18.2 Å². The van der Waals surface area contributed by atoms with E-state index < -0.39 is 0 Å². The van der Waals surface area contributed by atoms with Gasteiger partial charge in [0, 0.05) is 13.5 Å². The molecule has 0 aromatic heterocycles. The second-order valence-corrected chi connectivity index (χ2v) is 4.73. The Morgan fingerprint density at radius 3 is 2.60 bits per heavy atom. The van der Waals surface area contributed by atoms with E-state index in [0.717, 1.165) is 32.3 Å². The third-order valence-electron chi connectivity index (χ3n) is 2.99. The van der Waals surface area contributed by atoms with Gasteiger partial charge in [-0.1, -0.05) is 37.3 Å². The molecule has 0 atom stereocenters. The number of allylic oxidation sites excluding steroid dienone is 1. The number of esters is 1. The summed E-state index contributed by atoms with van der Waals surface area (Å²) in [6, 6.07) is 10.2. The summed E-state index contributed by atoms with van der Waals surface area (Å²) in [6.07, 6.45) is 5.53. The second-order valence-electron chi connectivity index (χ2n) is 4.73. The molecule has 0 bridgehead atoms. The van der Waals surface area contributed by atoms with E-state index in [-0.39, 0.29) is 5.97 Å². The highest BCUT2D eigenvalue weighted by Gasteiger charge is 1.98. The fourth-order valence-electron chi connectivity index (χ4n) is 1.81. The van der Waals surface area contributed by atoms with E-state index >= 15 is 0 Å². The van der Waals surface area contributed by atoms with Crippen LogP contribution in [-0.2, 0) is 20.9 Å². The first-order chi connectivity index (χ1) is 9.72. The molecular weight excluding hydrogens is 252 g/mol. The lowest BCUT2D eigenvalue weighted by molar-refractivity contribution is -0.135. The Morgan fingerprint density at radius 1 is 1.20 bits per heavy atom. The van der Waals surface area contributed by atoms with Crippen LogP contribution in [0.15, 0.2) is 42.2 Å². The van der Waals surface area contributed by atoms with Crippen molar-refractivity contribution in [2.75, 3.05) is 6.61 Å². The number of carbonyl (C=O) groups is 1. The molecule has 0 aliphatic rings. The van der Waals surface area contributed by atoms with Crippen molar-refractivity contribution in [3.63, 3.8) is 0 Å². The number of unbranched alkanes of at least 4 members (excludes halogenated alkanes) is 1.